The largest absolute Gasteiger partial charge is 0.455 e. The van der Waals surface area contributed by atoms with Gasteiger partial charge in [0.25, 0.3) is 0 Å². The van der Waals surface area contributed by atoms with Gasteiger partial charge in [-0.3, -0.25) is 4.79 Å². The predicted molar refractivity (Wildman–Crippen MR) is 134 cm³/mol. The minimum absolute atomic E-state index is 0.0492. The summed E-state index contributed by atoms with van der Waals surface area (Å²) in [5.41, 5.74) is -7.22. The van der Waals surface area contributed by atoms with Crippen molar-refractivity contribution in [2.45, 2.75) is 126 Å². The van der Waals surface area contributed by atoms with Crippen molar-refractivity contribution >= 4 is 11.8 Å². The van der Waals surface area contributed by atoms with E-state index in [1.807, 2.05) is 13.8 Å². The van der Waals surface area contributed by atoms with Crippen molar-refractivity contribution in [2.75, 3.05) is 7.11 Å². The van der Waals surface area contributed by atoms with Gasteiger partial charge in [0.05, 0.1) is 23.7 Å². The Morgan fingerprint density at radius 3 is 2.42 bits per heavy atom. The second-order valence-electron chi connectivity index (χ2n) is 13.7. The first kappa shape index (κ1) is 26.8. The Balaban J connectivity index is 1.44. The minimum atomic E-state index is -1.90. The highest BCUT2D eigenvalue weighted by molar-refractivity contribution is 5.90. The van der Waals surface area contributed by atoms with Crippen LogP contribution in [0.1, 0.15) is 79.6 Å². The van der Waals surface area contributed by atoms with E-state index < -0.39 is 63.4 Å². The molecular formula is C29H42O9. The first-order valence-electron chi connectivity index (χ1n) is 14.0. The molecule has 212 valence electrons. The molecule has 4 N–H and O–H groups in total. The molecule has 2 heterocycles. The lowest BCUT2D eigenvalue weighted by Gasteiger charge is -2.64. The van der Waals surface area contributed by atoms with Crippen LogP contribution in [-0.2, 0) is 23.8 Å². The van der Waals surface area contributed by atoms with Crippen LogP contribution in [0.3, 0.4) is 0 Å². The Hall–Kier alpha value is -1.36. The van der Waals surface area contributed by atoms with E-state index in [-0.39, 0.29) is 37.1 Å². The Morgan fingerprint density at radius 1 is 1.11 bits per heavy atom. The second kappa shape index (κ2) is 7.68. The fourth-order valence-electron chi connectivity index (χ4n) is 10.1. The number of fused-ring (bicyclic) bond motifs is 4. The molecule has 0 bridgehead atoms. The van der Waals surface area contributed by atoms with Gasteiger partial charge in [-0.05, 0) is 65.2 Å². The first-order chi connectivity index (χ1) is 17.6. The summed E-state index contributed by atoms with van der Waals surface area (Å²) in [7, 11) is 1.49. The van der Waals surface area contributed by atoms with Crippen molar-refractivity contribution in [3.63, 3.8) is 0 Å². The smallest absolute Gasteiger partial charge is 0.334 e. The normalized spacial score (nSPS) is 55.3. The van der Waals surface area contributed by atoms with Crippen LogP contribution in [0.5, 0.6) is 0 Å². The highest BCUT2D eigenvalue weighted by atomic mass is 16.6. The predicted octanol–water partition coefficient (Wildman–Crippen LogP) is 1.57. The second-order valence-corrected chi connectivity index (χ2v) is 13.7. The molecule has 0 aromatic carbocycles. The van der Waals surface area contributed by atoms with Crippen LogP contribution < -0.4 is 0 Å². The fraction of sp³-hybridized carbons (Fsp3) is 0.862. The van der Waals surface area contributed by atoms with Crippen LogP contribution >= 0.6 is 0 Å². The molecule has 0 aromatic heterocycles. The zero-order valence-electron chi connectivity index (χ0n) is 23.2. The molecule has 2 aliphatic heterocycles. The third kappa shape index (κ3) is 2.65. The molecule has 0 amide bonds. The van der Waals surface area contributed by atoms with Crippen LogP contribution in [0.4, 0.5) is 0 Å². The molecular weight excluding hydrogens is 492 g/mol. The summed E-state index contributed by atoms with van der Waals surface area (Å²) < 4.78 is 17.7. The van der Waals surface area contributed by atoms with E-state index in [2.05, 4.69) is 0 Å². The minimum Gasteiger partial charge on any atom is -0.455 e. The summed E-state index contributed by atoms with van der Waals surface area (Å²) in [5.74, 6) is -1.22. The number of hydrogen-bond donors (Lipinski definition) is 4. The van der Waals surface area contributed by atoms with Gasteiger partial charge in [0.15, 0.2) is 0 Å². The third-order valence-corrected chi connectivity index (χ3v) is 12.7. The standard InChI is InChI=1S/C29H42O9/c1-14-11-20(37-23(32)15(14)2)26(5,33)27(34)13-22(36-6)28(35)17-12-21-29(38-21)19(31)8-7-18(30)25(29,4)16(17)9-10-24(27,28)3/h16-17,19-22,31,33-35H,7-13H2,1-6H3/t16-,17+,19-,20+,21+,22-,24-,25-,26+,27-,28-,29+/m0/s1. The van der Waals surface area contributed by atoms with E-state index in [1.54, 1.807) is 13.8 Å². The van der Waals surface area contributed by atoms with E-state index in [4.69, 9.17) is 14.2 Å². The molecule has 1 saturated heterocycles. The summed E-state index contributed by atoms with van der Waals surface area (Å²) in [5, 5.41) is 48.5. The van der Waals surface area contributed by atoms with Crippen LogP contribution in [0.25, 0.3) is 0 Å². The molecule has 6 rings (SSSR count). The molecule has 5 fully saturated rings. The van der Waals surface area contributed by atoms with E-state index in [9.17, 15) is 30.0 Å². The van der Waals surface area contributed by atoms with E-state index in [1.165, 1.54) is 14.0 Å². The molecule has 12 atom stereocenters. The Kier molecular flexibility index (Phi) is 5.42. The molecule has 6 aliphatic rings. The molecule has 1 spiro atoms. The molecule has 38 heavy (non-hydrogen) atoms. The van der Waals surface area contributed by atoms with Crippen LogP contribution in [0.2, 0.25) is 0 Å². The number of ether oxygens (including phenoxy) is 3. The molecule has 0 aromatic rings. The summed E-state index contributed by atoms with van der Waals surface area (Å²) >= 11 is 0. The quantitative estimate of drug-likeness (QED) is 0.313. The number of hydrogen-bond acceptors (Lipinski definition) is 9. The Labute approximate surface area is 223 Å². The van der Waals surface area contributed by atoms with E-state index in [0.29, 0.717) is 31.3 Å². The number of methoxy groups -OCH3 is 1. The van der Waals surface area contributed by atoms with Crippen LogP contribution in [0, 0.1) is 22.7 Å². The number of aliphatic hydroxyl groups excluding tert-OH is 1. The molecule has 4 saturated carbocycles. The number of ketones is 1. The maximum absolute atomic E-state index is 13.5. The monoisotopic (exact) mass is 534 g/mol. The molecule has 9 heteroatoms. The Bertz CT molecular complexity index is 1130. The SMILES string of the molecule is CO[C@H]1C[C@@](O)([C@](C)(O)[C@H]2CC(C)=C(C)C(=O)O2)[C@]2(C)CC[C@H]3[C@@H](C[C@H]4O[C@]45[C@@H](O)CCC(=O)[C@]35C)[C@]12O. The lowest BCUT2D eigenvalue weighted by atomic mass is 9.41. The zero-order valence-corrected chi connectivity index (χ0v) is 23.2. The zero-order chi connectivity index (χ0) is 27.8. The molecule has 0 unspecified atom stereocenters. The van der Waals surface area contributed by atoms with Crippen LogP contribution in [-0.4, -0.2) is 86.1 Å². The van der Waals surface area contributed by atoms with Gasteiger partial charge in [-0.25, -0.2) is 4.79 Å². The average molecular weight is 535 g/mol. The van der Waals surface area contributed by atoms with Crippen molar-refractivity contribution in [1.82, 2.24) is 0 Å². The molecule has 0 radical (unpaired) electrons. The summed E-state index contributed by atoms with van der Waals surface area (Å²) in [6.45, 7) is 8.68. The van der Waals surface area contributed by atoms with Gasteiger partial charge in [-0.2, -0.15) is 0 Å². The highest BCUT2D eigenvalue weighted by Crippen LogP contribution is 2.75. The van der Waals surface area contributed by atoms with Crippen molar-refractivity contribution in [1.29, 1.82) is 0 Å². The van der Waals surface area contributed by atoms with Crippen LogP contribution in [0.15, 0.2) is 11.1 Å². The number of Topliss-reactive ketones (excluding diaryl/α,β-unsaturated/α-hetero) is 1. The summed E-state index contributed by atoms with van der Waals surface area (Å²) in [6, 6.07) is 0. The van der Waals surface area contributed by atoms with Gasteiger partial charge in [0.2, 0.25) is 0 Å². The number of carbonyl (C=O) groups excluding carboxylic acids is 2. The van der Waals surface area contributed by atoms with Gasteiger partial charge in [0.1, 0.15) is 34.3 Å². The van der Waals surface area contributed by atoms with Gasteiger partial charge in [0, 0.05) is 37.4 Å². The lowest BCUT2D eigenvalue weighted by Crippen LogP contribution is -2.74. The van der Waals surface area contributed by atoms with E-state index in [0.717, 1.165) is 5.57 Å². The fourth-order valence-corrected chi connectivity index (χ4v) is 10.1. The van der Waals surface area contributed by atoms with E-state index >= 15 is 0 Å². The Morgan fingerprint density at radius 2 is 1.79 bits per heavy atom. The van der Waals surface area contributed by atoms with Gasteiger partial charge < -0.3 is 34.6 Å². The lowest BCUT2D eigenvalue weighted by molar-refractivity contribution is -0.289. The molecule has 4 aliphatic carbocycles. The number of rotatable bonds is 3. The summed E-state index contributed by atoms with van der Waals surface area (Å²) in [6.07, 6.45) is -0.862. The topological polar surface area (TPSA) is 146 Å². The maximum atomic E-state index is 13.5. The number of carbonyl (C=O) groups is 2. The average Bonchev–Trinajstić information content (AvgIpc) is 3.57. The van der Waals surface area contributed by atoms with Gasteiger partial charge in [-0.1, -0.05) is 12.5 Å². The maximum Gasteiger partial charge on any atom is 0.334 e. The first-order valence-corrected chi connectivity index (χ1v) is 14.0. The van der Waals surface area contributed by atoms with Gasteiger partial charge in [-0.15, -0.1) is 0 Å². The summed E-state index contributed by atoms with van der Waals surface area (Å²) in [4.78, 5) is 26.1. The number of epoxide rings is 1. The number of cyclic esters (lactones) is 1. The number of aliphatic hydroxyl groups is 4. The van der Waals surface area contributed by atoms with Crippen molar-refractivity contribution < 1.29 is 44.2 Å². The van der Waals surface area contributed by atoms with Gasteiger partial charge >= 0.3 is 5.97 Å². The molecule has 9 nitrogen and oxygen atoms in total. The van der Waals surface area contributed by atoms with Crippen molar-refractivity contribution in [3.8, 4) is 0 Å². The van der Waals surface area contributed by atoms with Crippen molar-refractivity contribution in [3.05, 3.63) is 11.1 Å². The third-order valence-electron chi connectivity index (χ3n) is 12.7. The van der Waals surface area contributed by atoms with Crippen molar-refractivity contribution in [2.24, 2.45) is 22.7 Å². The highest BCUT2D eigenvalue weighted by Gasteiger charge is 2.86. The number of esters is 1.